The van der Waals surface area contributed by atoms with Crippen molar-refractivity contribution in [1.29, 1.82) is 0 Å². The lowest BCUT2D eigenvalue weighted by atomic mass is 9.90. The SMILES string of the molecule is CCC(=O)Nc1ccc(C(=O)NC2NNC3C2CN(C(=O)NC(CN(C)C)c2ccccc2)C3(C)C)cc1. The molecule has 0 saturated carbocycles. The van der Waals surface area contributed by atoms with Gasteiger partial charge in [-0.1, -0.05) is 37.3 Å². The van der Waals surface area contributed by atoms with E-state index in [0.717, 1.165) is 5.56 Å². The summed E-state index contributed by atoms with van der Waals surface area (Å²) in [7, 11) is 3.98. The number of hydrogen-bond acceptors (Lipinski definition) is 6. The van der Waals surface area contributed by atoms with Crippen LogP contribution in [0.3, 0.4) is 0 Å². The summed E-state index contributed by atoms with van der Waals surface area (Å²) in [5, 5.41) is 9.08. The summed E-state index contributed by atoms with van der Waals surface area (Å²) in [5.41, 5.74) is 8.23. The Bertz CT molecular complexity index is 1140. The average molecular weight is 522 g/mol. The van der Waals surface area contributed by atoms with Gasteiger partial charge in [0.05, 0.1) is 23.8 Å². The molecule has 204 valence electrons. The van der Waals surface area contributed by atoms with Crippen LogP contribution in [-0.2, 0) is 4.79 Å². The number of nitrogens with one attached hydrogen (secondary N) is 5. The second kappa shape index (κ2) is 11.5. The van der Waals surface area contributed by atoms with Crippen molar-refractivity contribution in [3.63, 3.8) is 0 Å². The molecule has 0 aliphatic carbocycles. The zero-order valence-corrected chi connectivity index (χ0v) is 22.7. The van der Waals surface area contributed by atoms with Crippen LogP contribution >= 0.6 is 0 Å². The number of carbonyl (C=O) groups excluding carboxylic acids is 3. The summed E-state index contributed by atoms with van der Waals surface area (Å²) in [4.78, 5) is 42.1. The minimum atomic E-state index is -0.486. The van der Waals surface area contributed by atoms with Gasteiger partial charge in [-0.25, -0.2) is 10.2 Å². The Morgan fingerprint density at radius 3 is 2.37 bits per heavy atom. The molecule has 10 nitrogen and oxygen atoms in total. The normalized spacial score (nSPS) is 22.6. The summed E-state index contributed by atoms with van der Waals surface area (Å²) in [5.74, 6) is -0.329. The van der Waals surface area contributed by atoms with Crippen LogP contribution in [0.5, 0.6) is 0 Å². The van der Waals surface area contributed by atoms with Crippen molar-refractivity contribution < 1.29 is 14.4 Å². The second-order valence-corrected chi connectivity index (χ2v) is 10.8. The van der Waals surface area contributed by atoms with E-state index < -0.39 is 5.54 Å². The second-order valence-electron chi connectivity index (χ2n) is 10.8. The highest BCUT2D eigenvalue weighted by atomic mass is 16.2. The molecule has 0 radical (unpaired) electrons. The first-order valence-electron chi connectivity index (χ1n) is 13.1. The number of hydrogen-bond donors (Lipinski definition) is 5. The van der Waals surface area contributed by atoms with Crippen LogP contribution in [-0.4, -0.2) is 72.6 Å². The van der Waals surface area contributed by atoms with E-state index >= 15 is 0 Å². The van der Waals surface area contributed by atoms with E-state index in [1.165, 1.54) is 0 Å². The highest BCUT2D eigenvalue weighted by Crippen LogP contribution is 2.37. The average Bonchev–Trinajstić information content (AvgIpc) is 3.41. The molecule has 4 amide bonds. The maximum atomic E-state index is 13.6. The molecule has 2 saturated heterocycles. The number of rotatable bonds is 8. The highest BCUT2D eigenvalue weighted by molar-refractivity contribution is 5.96. The summed E-state index contributed by atoms with van der Waals surface area (Å²) in [6.07, 6.45) is 0.0368. The van der Waals surface area contributed by atoms with Crippen molar-refractivity contribution >= 4 is 23.5 Å². The van der Waals surface area contributed by atoms with Gasteiger partial charge in [-0.2, -0.15) is 0 Å². The van der Waals surface area contributed by atoms with E-state index in [-0.39, 0.29) is 42.0 Å². The molecule has 0 aromatic heterocycles. The van der Waals surface area contributed by atoms with Gasteiger partial charge in [0.15, 0.2) is 0 Å². The molecule has 4 rings (SSSR count). The van der Waals surface area contributed by atoms with Gasteiger partial charge in [0.25, 0.3) is 5.91 Å². The Morgan fingerprint density at radius 1 is 1.05 bits per heavy atom. The molecule has 2 aliphatic rings. The van der Waals surface area contributed by atoms with E-state index in [1.807, 2.05) is 63.2 Å². The highest BCUT2D eigenvalue weighted by Gasteiger charge is 2.55. The third kappa shape index (κ3) is 5.98. The zero-order valence-electron chi connectivity index (χ0n) is 22.7. The van der Waals surface area contributed by atoms with Gasteiger partial charge in [-0.15, -0.1) is 0 Å². The van der Waals surface area contributed by atoms with E-state index in [1.54, 1.807) is 31.2 Å². The van der Waals surface area contributed by atoms with Crippen LogP contribution in [0.1, 0.15) is 49.2 Å². The van der Waals surface area contributed by atoms with Crippen molar-refractivity contribution in [1.82, 2.24) is 31.3 Å². The molecule has 2 aliphatic heterocycles. The number of carbonyl (C=O) groups is 3. The molecule has 4 unspecified atom stereocenters. The first-order chi connectivity index (χ1) is 18.1. The zero-order chi connectivity index (χ0) is 27.4. The standard InChI is InChI=1S/C28H39N7O3/c1-6-23(36)29-20-14-12-19(13-15-20)26(37)31-25-21-16-35(28(2,3)24(21)32-33-25)27(38)30-22(17-34(4)5)18-10-8-7-9-11-18/h7-15,21-22,24-25,32-33H,6,16-17H2,1-5H3,(H,29,36)(H,30,38)(H,31,37). The summed E-state index contributed by atoms with van der Waals surface area (Å²) in [6.45, 7) is 7.04. The van der Waals surface area contributed by atoms with Gasteiger partial charge < -0.3 is 25.8 Å². The van der Waals surface area contributed by atoms with Crippen LogP contribution in [0.25, 0.3) is 0 Å². The Morgan fingerprint density at radius 2 is 1.74 bits per heavy atom. The lowest BCUT2D eigenvalue weighted by Crippen LogP contribution is -2.57. The Kier molecular flexibility index (Phi) is 8.35. The number of likely N-dealkylation sites (N-methyl/N-ethyl adjacent to an activating group) is 1. The van der Waals surface area contributed by atoms with Crippen molar-refractivity contribution in [2.45, 2.75) is 51.0 Å². The third-order valence-corrected chi connectivity index (χ3v) is 7.43. The van der Waals surface area contributed by atoms with E-state index in [9.17, 15) is 14.4 Å². The molecule has 0 spiro atoms. The number of urea groups is 1. The van der Waals surface area contributed by atoms with E-state index in [2.05, 4.69) is 31.7 Å². The van der Waals surface area contributed by atoms with E-state index in [4.69, 9.17) is 0 Å². The number of fused-ring (bicyclic) bond motifs is 1. The summed E-state index contributed by atoms with van der Waals surface area (Å²) < 4.78 is 0. The van der Waals surface area contributed by atoms with Gasteiger partial charge in [0, 0.05) is 36.7 Å². The molecule has 2 aromatic carbocycles. The molecule has 2 heterocycles. The molecule has 2 fully saturated rings. The molecule has 38 heavy (non-hydrogen) atoms. The van der Waals surface area contributed by atoms with Gasteiger partial charge in [0.1, 0.15) is 0 Å². The smallest absolute Gasteiger partial charge is 0.318 e. The van der Waals surface area contributed by atoms with Gasteiger partial charge >= 0.3 is 6.03 Å². The molecule has 10 heteroatoms. The van der Waals surface area contributed by atoms with Crippen molar-refractivity contribution in [2.24, 2.45) is 5.92 Å². The minimum Gasteiger partial charge on any atom is -0.335 e. The van der Waals surface area contributed by atoms with Crippen LogP contribution in [0.4, 0.5) is 10.5 Å². The molecular weight excluding hydrogens is 482 g/mol. The largest absolute Gasteiger partial charge is 0.335 e. The fourth-order valence-electron chi connectivity index (χ4n) is 5.29. The lowest BCUT2D eigenvalue weighted by molar-refractivity contribution is -0.115. The van der Waals surface area contributed by atoms with Crippen LogP contribution in [0, 0.1) is 5.92 Å². The number of benzene rings is 2. The fraction of sp³-hybridized carbons (Fsp3) is 0.464. The van der Waals surface area contributed by atoms with Crippen LogP contribution in [0.2, 0.25) is 0 Å². The Labute approximate surface area is 224 Å². The number of anilines is 1. The predicted molar refractivity (Wildman–Crippen MR) is 147 cm³/mol. The predicted octanol–water partition coefficient (Wildman–Crippen LogP) is 2.29. The van der Waals surface area contributed by atoms with Gasteiger partial charge in [-0.05, 0) is 57.8 Å². The van der Waals surface area contributed by atoms with Crippen molar-refractivity contribution in [3.05, 3.63) is 65.7 Å². The number of amides is 4. The molecule has 0 bridgehead atoms. The first kappa shape index (κ1) is 27.6. The first-order valence-corrected chi connectivity index (χ1v) is 13.1. The number of likely N-dealkylation sites (tertiary alicyclic amines) is 1. The van der Waals surface area contributed by atoms with Crippen molar-refractivity contribution in [3.8, 4) is 0 Å². The molecule has 4 atom stereocenters. The van der Waals surface area contributed by atoms with E-state index in [0.29, 0.717) is 30.8 Å². The number of hydrazine groups is 1. The van der Waals surface area contributed by atoms with Crippen LogP contribution in [0.15, 0.2) is 54.6 Å². The molecular formula is C28H39N7O3. The van der Waals surface area contributed by atoms with Crippen LogP contribution < -0.4 is 26.8 Å². The maximum absolute atomic E-state index is 13.6. The molecule has 2 aromatic rings. The summed E-state index contributed by atoms with van der Waals surface area (Å²) >= 11 is 0. The number of nitrogens with zero attached hydrogens (tertiary/aromatic N) is 2. The van der Waals surface area contributed by atoms with Gasteiger partial charge in [0.2, 0.25) is 5.91 Å². The fourth-order valence-corrected chi connectivity index (χ4v) is 5.29. The monoisotopic (exact) mass is 521 g/mol. The quantitative estimate of drug-likeness (QED) is 0.364. The Hall–Kier alpha value is -3.47. The van der Waals surface area contributed by atoms with Crippen molar-refractivity contribution in [2.75, 3.05) is 32.5 Å². The lowest BCUT2D eigenvalue weighted by Gasteiger charge is -2.37. The third-order valence-electron chi connectivity index (χ3n) is 7.43. The summed E-state index contributed by atoms with van der Waals surface area (Å²) in [6, 6.07) is 16.5. The minimum absolute atomic E-state index is 0.0214. The van der Waals surface area contributed by atoms with Gasteiger partial charge in [-0.3, -0.25) is 15.0 Å². The topological polar surface area (TPSA) is 118 Å². The molecule has 5 N–H and O–H groups in total. The maximum Gasteiger partial charge on any atom is 0.318 e. The Balaban J connectivity index is 1.42.